The van der Waals surface area contributed by atoms with Gasteiger partial charge in [0.2, 0.25) is 0 Å². The molecule has 2 unspecified atom stereocenters. The molecule has 1 saturated heterocycles. The highest BCUT2D eigenvalue weighted by Gasteiger charge is 2.60. The number of amides is 2. The number of likely N-dealkylation sites (N-methyl/N-ethyl adjacent to an activating group) is 1. The number of nitrogens with one attached hydrogen (secondary N) is 1. The normalized spacial score (nSPS) is 24.2. The van der Waals surface area contributed by atoms with Crippen LogP contribution in [0.3, 0.4) is 0 Å². The SMILES string of the molecule is CCSNC1C2Cc3cccc(c3F)-c3ccccc3OCCN(C)C(=O)N2CC12CC2. The molecule has 2 aliphatic heterocycles. The molecule has 1 aliphatic carbocycles. The van der Waals surface area contributed by atoms with E-state index in [1.54, 1.807) is 16.8 Å². The van der Waals surface area contributed by atoms with Gasteiger partial charge in [-0.2, -0.15) is 0 Å². The largest absolute Gasteiger partial charge is 0.491 e. The predicted octanol–water partition coefficient (Wildman–Crippen LogP) is 4.57. The van der Waals surface area contributed by atoms with Gasteiger partial charge < -0.3 is 14.5 Å². The highest BCUT2D eigenvalue weighted by molar-refractivity contribution is 7.97. The van der Waals surface area contributed by atoms with Crippen LogP contribution in [0.5, 0.6) is 5.75 Å². The Kier molecular flexibility index (Phi) is 5.80. The van der Waals surface area contributed by atoms with Crippen molar-refractivity contribution in [3.63, 3.8) is 0 Å². The number of halogens is 1. The minimum Gasteiger partial charge on any atom is -0.491 e. The molecule has 170 valence electrons. The lowest BCUT2D eigenvalue weighted by molar-refractivity contribution is 0.146. The van der Waals surface area contributed by atoms with E-state index in [-0.39, 0.29) is 29.3 Å². The summed E-state index contributed by atoms with van der Waals surface area (Å²) in [4.78, 5) is 17.2. The Hall–Kier alpha value is -2.25. The molecule has 2 aromatic carbocycles. The maximum Gasteiger partial charge on any atom is 0.320 e. The number of carbonyl (C=O) groups excluding carboxylic acids is 1. The maximum atomic E-state index is 15.8. The van der Waals surface area contributed by atoms with Crippen molar-refractivity contribution in [2.24, 2.45) is 5.41 Å². The van der Waals surface area contributed by atoms with Crippen molar-refractivity contribution >= 4 is 18.0 Å². The third-order valence-corrected chi connectivity index (χ3v) is 7.83. The van der Waals surface area contributed by atoms with Gasteiger partial charge in [0.15, 0.2) is 0 Å². The Morgan fingerprint density at radius 2 is 1.97 bits per heavy atom. The molecule has 2 aromatic rings. The third kappa shape index (κ3) is 3.75. The van der Waals surface area contributed by atoms with Crippen molar-refractivity contribution in [2.75, 3.05) is 32.5 Å². The number of hydrogen-bond donors (Lipinski definition) is 1. The van der Waals surface area contributed by atoms with Crippen LogP contribution in [0.1, 0.15) is 25.3 Å². The van der Waals surface area contributed by atoms with E-state index < -0.39 is 0 Å². The van der Waals surface area contributed by atoms with Crippen molar-refractivity contribution in [1.82, 2.24) is 14.5 Å². The van der Waals surface area contributed by atoms with Gasteiger partial charge in [-0.1, -0.05) is 55.3 Å². The second-order valence-corrected chi connectivity index (χ2v) is 10.2. The van der Waals surface area contributed by atoms with Crippen LogP contribution >= 0.6 is 11.9 Å². The van der Waals surface area contributed by atoms with Crippen LogP contribution in [-0.2, 0) is 6.42 Å². The first-order valence-electron chi connectivity index (χ1n) is 11.4. The minimum absolute atomic E-state index is 0.000215. The lowest BCUT2D eigenvalue weighted by Gasteiger charge is -2.32. The molecule has 7 heteroatoms. The number of urea groups is 1. The van der Waals surface area contributed by atoms with E-state index in [4.69, 9.17) is 4.74 Å². The summed E-state index contributed by atoms with van der Waals surface area (Å²) in [6.07, 6.45) is 2.71. The molecule has 1 saturated carbocycles. The smallest absolute Gasteiger partial charge is 0.320 e. The van der Waals surface area contributed by atoms with Crippen molar-refractivity contribution in [3.05, 3.63) is 53.8 Å². The van der Waals surface area contributed by atoms with Crippen LogP contribution in [-0.4, -0.2) is 60.4 Å². The van der Waals surface area contributed by atoms with Gasteiger partial charge in [0.1, 0.15) is 18.2 Å². The quantitative estimate of drug-likeness (QED) is 0.689. The maximum absolute atomic E-state index is 15.8. The summed E-state index contributed by atoms with van der Waals surface area (Å²) in [7, 11) is 1.83. The minimum atomic E-state index is -0.220. The molecule has 0 radical (unpaired) electrons. The van der Waals surface area contributed by atoms with Gasteiger partial charge in [0, 0.05) is 41.9 Å². The Bertz CT molecular complexity index is 1010. The summed E-state index contributed by atoms with van der Waals surface area (Å²) in [5.74, 6) is 1.37. The molecule has 2 fully saturated rings. The molecule has 3 aliphatic rings. The predicted molar refractivity (Wildman–Crippen MR) is 126 cm³/mol. The van der Waals surface area contributed by atoms with Crippen LogP contribution in [0, 0.1) is 11.2 Å². The first kappa shape index (κ1) is 21.6. The second-order valence-electron chi connectivity index (χ2n) is 9.12. The Balaban J connectivity index is 1.59. The summed E-state index contributed by atoms with van der Waals surface area (Å²) in [5.41, 5.74) is 2.05. The average Bonchev–Trinajstić information content (AvgIpc) is 3.51. The summed E-state index contributed by atoms with van der Waals surface area (Å²) in [6, 6.07) is 13.2. The van der Waals surface area contributed by atoms with E-state index in [9.17, 15) is 4.79 Å². The zero-order chi connectivity index (χ0) is 22.3. The number of benzene rings is 2. The number of nitrogens with zero attached hydrogens (tertiary/aromatic N) is 2. The average molecular weight is 456 g/mol. The molecule has 32 heavy (non-hydrogen) atoms. The van der Waals surface area contributed by atoms with Crippen molar-refractivity contribution in [2.45, 2.75) is 38.3 Å². The monoisotopic (exact) mass is 455 g/mol. The molecule has 1 spiro atoms. The van der Waals surface area contributed by atoms with Gasteiger partial charge in [-0.05, 0) is 30.9 Å². The summed E-state index contributed by atoms with van der Waals surface area (Å²) in [6.45, 7) is 3.68. The number of hydrogen-bond acceptors (Lipinski definition) is 4. The molecule has 2 bridgehead atoms. The highest BCUT2D eigenvalue weighted by Crippen LogP contribution is 2.56. The van der Waals surface area contributed by atoms with E-state index in [0.717, 1.165) is 30.7 Å². The molecule has 5 rings (SSSR count). The molecule has 2 atom stereocenters. The molecule has 5 nitrogen and oxygen atoms in total. The fourth-order valence-corrected chi connectivity index (χ4v) is 5.93. The van der Waals surface area contributed by atoms with Crippen LogP contribution < -0.4 is 9.46 Å². The standard InChI is InChI=1S/C25H30FN3O2S/c1-3-32-27-23-20-15-17-7-6-9-19(22(17)26)18-8-4-5-10-21(18)31-14-13-28(2)24(30)29(20)16-25(23)11-12-25/h4-10,20,23,27H,3,11-16H2,1-2H3. The summed E-state index contributed by atoms with van der Waals surface area (Å²) in [5, 5.41) is 0. The molecular weight excluding hydrogens is 425 g/mol. The van der Waals surface area contributed by atoms with E-state index >= 15 is 4.39 Å². The van der Waals surface area contributed by atoms with Crippen molar-refractivity contribution in [1.29, 1.82) is 0 Å². The van der Waals surface area contributed by atoms with Crippen LogP contribution in [0.4, 0.5) is 9.18 Å². The lowest BCUT2D eigenvalue weighted by Crippen LogP contribution is -2.50. The molecular formula is C25H30FN3O2S. The molecule has 2 heterocycles. The zero-order valence-electron chi connectivity index (χ0n) is 18.6. The number of fused-ring (bicyclic) bond motifs is 5. The lowest BCUT2D eigenvalue weighted by atomic mass is 9.91. The molecule has 1 N–H and O–H groups in total. The second kappa shape index (κ2) is 8.60. The van der Waals surface area contributed by atoms with Crippen molar-refractivity contribution < 1.29 is 13.9 Å². The van der Waals surface area contributed by atoms with E-state index in [2.05, 4.69) is 11.6 Å². The van der Waals surface area contributed by atoms with Gasteiger partial charge in [-0.25, -0.2) is 9.18 Å². The Labute approximate surface area is 193 Å². The number of ether oxygens (including phenoxy) is 1. The van der Waals surface area contributed by atoms with Gasteiger partial charge in [-0.15, -0.1) is 0 Å². The van der Waals surface area contributed by atoms with Crippen LogP contribution in [0.25, 0.3) is 11.1 Å². The molecule has 2 amide bonds. The fraction of sp³-hybridized carbons (Fsp3) is 0.480. The van der Waals surface area contributed by atoms with Gasteiger partial charge in [0.25, 0.3) is 0 Å². The third-order valence-electron chi connectivity index (χ3n) is 7.12. The van der Waals surface area contributed by atoms with E-state index in [1.165, 1.54) is 0 Å². The topological polar surface area (TPSA) is 44.8 Å². The van der Waals surface area contributed by atoms with Gasteiger partial charge in [0.05, 0.1) is 12.6 Å². The summed E-state index contributed by atoms with van der Waals surface area (Å²) < 4.78 is 25.5. The van der Waals surface area contributed by atoms with Gasteiger partial charge in [-0.3, -0.25) is 4.72 Å². The van der Waals surface area contributed by atoms with E-state index in [0.29, 0.717) is 36.4 Å². The number of para-hydroxylation sites is 1. The zero-order valence-corrected chi connectivity index (χ0v) is 19.5. The fourth-order valence-electron chi connectivity index (χ4n) is 5.18. The van der Waals surface area contributed by atoms with Crippen LogP contribution in [0.15, 0.2) is 42.5 Å². The number of rotatable bonds is 3. The Morgan fingerprint density at radius 3 is 2.75 bits per heavy atom. The molecule has 0 aromatic heterocycles. The first-order valence-corrected chi connectivity index (χ1v) is 12.4. The van der Waals surface area contributed by atoms with Gasteiger partial charge >= 0.3 is 6.03 Å². The van der Waals surface area contributed by atoms with E-state index in [1.807, 2.05) is 54.4 Å². The Morgan fingerprint density at radius 1 is 1.19 bits per heavy atom. The van der Waals surface area contributed by atoms with Crippen LogP contribution in [0.2, 0.25) is 0 Å². The first-order chi connectivity index (χ1) is 15.5. The number of carbonyl (C=O) groups is 1. The van der Waals surface area contributed by atoms with Crippen molar-refractivity contribution in [3.8, 4) is 16.9 Å². The summed E-state index contributed by atoms with van der Waals surface area (Å²) >= 11 is 1.69. The highest BCUT2D eigenvalue weighted by atomic mass is 32.2.